The van der Waals surface area contributed by atoms with Gasteiger partial charge in [0.15, 0.2) is 5.96 Å². The van der Waals surface area contributed by atoms with Crippen LogP contribution in [0.25, 0.3) is 0 Å². The van der Waals surface area contributed by atoms with Crippen LogP contribution in [0, 0.1) is 0 Å². The third kappa shape index (κ3) is 8.77. The van der Waals surface area contributed by atoms with Crippen LogP contribution in [0.15, 0.2) is 29.3 Å². The van der Waals surface area contributed by atoms with Gasteiger partial charge in [-0.25, -0.2) is 0 Å². The number of hydrogen-bond acceptors (Lipinski definition) is 3. The van der Waals surface area contributed by atoms with E-state index in [1.807, 2.05) is 0 Å². The van der Waals surface area contributed by atoms with Crippen LogP contribution in [-0.4, -0.2) is 39.3 Å². The highest BCUT2D eigenvalue weighted by Crippen LogP contribution is 2.08. The number of ether oxygens (including phenoxy) is 1. The quantitative estimate of drug-likeness (QED) is 0.282. The van der Waals surface area contributed by atoms with E-state index >= 15 is 0 Å². The Balaban J connectivity index is 0.00000400. The lowest BCUT2D eigenvalue weighted by molar-refractivity contribution is 0.211. The monoisotopic (exact) mass is 406 g/mol. The number of benzene rings is 1. The molecular weight excluding hydrogens is 379 g/mol. The van der Waals surface area contributed by atoms with Gasteiger partial charge in [-0.3, -0.25) is 4.99 Å². The maximum absolute atomic E-state index is 5.00. The van der Waals surface area contributed by atoms with Crippen LogP contribution in [0.4, 0.5) is 5.69 Å². The van der Waals surface area contributed by atoms with Crippen molar-refractivity contribution >= 4 is 35.6 Å². The van der Waals surface area contributed by atoms with E-state index in [9.17, 15) is 0 Å². The molecule has 0 saturated heterocycles. The van der Waals surface area contributed by atoms with E-state index in [0.29, 0.717) is 12.6 Å². The third-order valence-corrected chi connectivity index (χ3v) is 2.70. The summed E-state index contributed by atoms with van der Waals surface area (Å²) in [7, 11) is 3.48. The number of hydrogen-bond donors (Lipinski definition) is 3. The van der Waals surface area contributed by atoms with Crippen molar-refractivity contribution in [1.82, 2.24) is 10.6 Å². The van der Waals surface area contributed by atoms with Gasteiger partial charge in [0, 0.05) is 39.0 Å². The number of aliphatic imine (C=N–C) groups is 1. The van der Waals surface area contributed by atoms with Crippen molar-refractivity contribution in [3.8, 4) is 0 Å². The lowest BCUT2D eigenvalue weighted by Gasteiger charge is -2.14. The summed E-state index contributed by atoms with van der Waals surface area (Å²) in [5, 5.41) is 9.84. The highest BCUT2D eigenvalue weighted by Gasteiger charge is 2.00. The third-order valence-electron chi connectivity index (χ3n) is 2.70. The summed E-state index contributed by atoms with van der Waals surface area (Å²) < 4.78 is 5.00. The van der Waals surface area contributed by atoms with E-state index in [1.165, 1.54) is 5.56 Å². The molecule has 0 radical (unpaired) electrons. The molecule has 0 saturated carbocycles. The van der Waals surface area contributed by atoms with Crippen molar-refractivity contribution in [2.45, 2.75) is 26.4 Å². The first-order chi connectivity index (χ1) is 9.65. The molecule has 5 nitrogen and oxygen atoms in total. The predicted molar refractivity (Wildman–Crippen MR) is 101 cm³/mol. The van der Waals surface area contributed by atoms with Crippen LogP contribution >= 0.6 is 24.0 Å². The zero-order valence-electron chi connectivity index (χ0n) is 13.3. The van der Waals surface area contributed by atoms with Gasteiger partial charge < -0.3 is 20.7 Å². The molecule has 0 aliphatic heterocycles. The van der Waals surface area contributed by atoms with E-state index in [-0.39, 0.29) is 24.0 Å². The number of guanidine groups is 1. The lowest BCUT2D eigenvalue weighted by Crippen LogP contribution is -2.40. The van der Waals surface area contributed by atoms with Crippen LogP contribution < -0.4 is 16.0 Å². The van der Waals surface area contributed by atoms with E-state index in [2.05, 4.69) is 59.1 Å². The minimum absolute atomic E-state index is 0. The van der Waals surface area contributed by atoms with E-state index in [4.69, 9.17) is 4.74 Å². The smallest absolute Gasteiger partial charge is 0.191 e. The Morgan fingerprint density at radius 1 is 1.24 bits per heavy atom. The standard InChI is InChI=1S/C15H26N4O.HI/c1-12(2)19-15(16-3)18-11-13-5-7-14(8-6-13)17-9-10-20-4;/h5-8,12,17H,9-11H2,1-4H3,(H2,16,18,19);1H. The van der Waals surface area contributed by atoms with Gasteiger partial charge in [-0.05, 0) is 31.5 Å². The van der Waals surface area contributed by atoms with Gasteiger partial charge in [0.05, 0.1) is 6.61 Å². The second-order valence-corrected chi connectivity index (χ2v) is 4.84. The summed E-state index contributed by atoms with van der Waals surface area (Å²) in [6.45, 7) is 6.46. The summed E-state index contributed by atoms with van der Waals surface area (Å²) in [5.74, 6) is 0.822. The Hall–Kier alpha value is -1.02. The van der Waals surface area contributed by atoms with Gasteiger partial charge in [0.1, 0.15) is 0 Å². The number of rotatable bonds is 7. The van der Waals surface area contributed by atoms with Crippen molar-refractivity contribution in [3.63, 3.8) is 0 Å². The highest BCUT2D eigenvalue weighted by atomic mass is 127. The molecule has 1 aromatic rings. The Kier molecular flexibility index (Phi) is 11.1. The molecule has 0 aliphatic carbocycles. The fourth-order valence-corrected chi connectivity index (χ4v) is 1.69. The normalized spacial score (nSPS) is 11.0. The molecule has 3 N–H and O–H groups in total. The second kappa shape index (κ2) is 11.6. The molecular formula is C15H27IN4O. The largest absolute Gasteiger partial charge is 0.383 e. The Labute approximate surface area is 145 Å². The molecule has 21 heavy (non-hydrogen) atoms. The maximum Gasteiger partial charge on any atom is 0.191 e. The van der Waals surface area contributed by atoms with Gasteiger partial charge >= 0.3 is 0 Å². The Morgan fingerprint density at radius 2 is 1.90 bits per heavy atom. The molecule has 1 aromatic carbocycles. The Bertz CT molecular complexity index is 407. The molecule has 0 amide bonds. The minimum atomic E-state index is 0. The number of anilines is 1. The summed E-state index contributed by atoms with van der Waals surface area (Å²) in [4.78, 5) is 4.18. The number of halogens is 1. The van der Waals surface area contributed by atoms with Crippen molar-refractivity contribution in [2.24, 2.45) is 4.99 Å². The molecule has 0 aromatic heterocycles. The molecule has 6 heteroatoms. The molecule has 0 atom stereocenters. The molecule has 120 valence electrons. The van der Waals surface area contributed by atoms with Gasteiger partial charge in [-0.1, -0.05) is 12.1 Å². The molecule has 0 fully saturated rings. The van der Waals surface area contributed by atoms with Gasteiger partial charge in [-0.15, -0.1) is 24.0 Å². The summed E-state index contributed by atoms with van der Waals surface area (Å²) >= 11 is 0. The first-order valence-corrected chi connectivity index (χ1v) is 6.94. The van der Waals surface area contributed by atoms with Gasteiger partial charge in [0.2, 0.25) is 0 Å². The first kappa shape index (κ1) is 20.0. The van der Waals surface area contributed by atoms with E-state index in [1.54, 1.807) is 14.2 Å². The highest BCUT2D eigenvalue weighted by molar-refractivity contribution is 14.0. The van der Waals surface area contributed by atoms with Crippen molar-refractivity contribution in [3.05, 3.63) is 29.8 Å². The Morgan fingerprint density at radius 3 is 2.43 bits per heavy atom. The average molecular weight is 406 g/mol. The summed E-state index contributed by atoms with van der Waals surface area (Å²) in [6.07, 6.45) is 0. The van der Waals surface area contributed by atoms with Gasteiger partial charge in [0.25, 0.3) is 0 Å². The van der Waals surface area contributed by atoms with Crippen LogP contribution in [0.5, 0.6) is 0 Å². The fourth-order valence-electron chi connectivity index (χ4n) is 1.69. The van der Waals surface area contributed by atoms with Crippen LogP contribution in [-0.2, 0) is 11.3 Å². The van der Waals surface area contributed by atoms with Crippen molar-refractivity contribution < 1.29 is 4.74 Å². The van der Waals surface area contributed by atoms with Crippen molar-refractivity contribution in [1.29, 1.82) is 0 Å². The molecule has 1 rings (SSSR count). The number of methoxy groups -OCH3 is 1. The first-order valence-electron chi connectivity index (χ1n) is 6.94. The molecule has 0 heterocycles. The van der Waals surface area contributed by atoms with Gasteiger partial charge in [-0.2, -0.15) is 0 Å². The van der Waals surface area contributed by atoms with Crippen LogP contribution in [0.1, 0.15) is 19.4 Å². The lowest BCUT2D eigenvalue weighted by atomic mass is 10.2. The van der Waals surface area contributed by atoms with Crippen LogP contribution in [0.3, 0.4) is 0 Å². The molecule has 0 aliphatic rings. The topological polar surface area (TPSA) is 57.7 Å². The molecule has 0 bridgehead atoms. The number of nitrogens with zero attached hydrogens (tertiary/aromatic N) is 1. The van der Waals surface area contributed by atoms with E-state index in [0.717, 1.165) is 24.7 Å². The van der Waals surface area contributed by atoms with E-state index < -0.39 is 0 Å². The van der Waals surface area contributed by atoms with Crippen molar-refractivity contribution in [2.75, 3.05) is 32.6 Å². The zero-order valence-corrected chi connectivity index (χ0v) is 15.6. The summed E-state index contributed by atoms with van der Waals surface area (Å²) in [5.41, 5.74) is 2.32. The fraction of sp³-hybridized carbons (Fsp3) is 0.533. The maximum atomic E-state index is 5.00. The second-order valence-electron chi connectivity index (χ2n) is 4.84. The predicted octanol–water partition coefficient (Wildman–Crippen LogP) is 2.44. The van der Waals surface area contributed by atoms with Crippen LogP contribution in [0.2, 0.25) is 0 Å². The zero-order chi connectivity index (χ0) is 14.8. The average Bonchev–Trinajstić information content (AvgIpc) is 2.44. The number of nitrogens with one attached hydrogen (secondary N) is 3. The molecule has 0 unspecified atom stereocenters. The minimum Gasteiger partial charge on any atom is -0.383 e. The summed E-state index contributed by atoms with van der Waals surface area (Å²) in [6, 6.07) is 8.72. The SMILES string of the molecule is CN=C(NCc1ccc(NCCOC)cc1)NC(C)C.I. The molecule has 0 spiro atoms.